The van der Waals surface area contributed by atoms with Gasteiger partial charge in [-0.1, -0.05) is 5.10 Å². The highest BCUT2D eigenvalue weighted by Gasteiger charge is 2.34. The summed E-state index contributed by atoms with van der Waals surface area (Å²) in [7, 11) is 0. The quantitative estimate of drug-likeness (QED) is 0.761. The van der Waals surface area contributed by atoms with E-state index in [0.29, 0.717) is 12.3 Å². The number of nitrogens with zero attached hydrogens (tertiary/aromatic N) is 2. The highest BCUT2D eigenvalue weighted by Crippen LogP contribution is 2.32. The lowest BCUT2D eigenvalue weighted by Gasteiger charge is -2.37. The van der Waals surface area contributed by atoms with Crippen molar-refractivity contribution in [3.05, 3.63) is 5.89 Å². The molecule has 1 amide bonds. The molecule has 6 nitrogen and oxygen atoms in total. The molecule has 2 rings (SSSR count). The number of rotatable bonds is 3. The predicted octanol–water partition coefficient (Wildman–Crippen LogP) is 0.588. The van der Waals surface area contributed by atoms with Crippen molar-refractivity contribution in [1.82, 2.24) is 10.2 Å². The predicted molar refractivity (Wildman–Crippen MR) is 53.1 cm³/mol. The van der Waals surface area contributed by atoms with Crippen LogP contribution < -0.4 is 11.1 Å². The molecule has 3 N–H and O–H groups in total. The summed E-state index contributed by atoms with van der Waals surface area (Å²) in [4.78, 5) is 11.5. The van der Waals surface area contributed by atoms with Gasteiger partial charge < -0.3 is 10.2 Å². The van der Waals surface area contributed by atoms with E-state index in [4.69, 9.17) is 10.2 Å². The fourth-order valence-electron chi connectivity index (χ4n) is 1.64. The summed E-state index contributed by atoms with van der Waals surface area (Å²) in [5.41, 5.74) is 5.61. The second-order valence-corrected chi connectivity index (χ2v) is 4.07. The number of hydrogen-bond acceptors (Lipinski definition) is 5. The molecule has 0 saturated heterocycles. The van der Waals surface area contributed by atoms with Gasteiger partial charge in [0.25, 0.3) is 0 Å². The largest absolute Gasteiger partial charge is 0.408 e. The summed E-state index contributed by atoms with van der Waals surface area (Å²) in [5.74, 6) is 0.261. The third-order valence-electron chi connectivity index (χ3n) is 2.63. The van der Waals surface area contributed by atoms with Gasteiger partial charge in [0, 0.05) is 18.9 Å². The molecular weight excluding hydrogens is 196 g/mol. The van der Waals surface area contributed by atoms with E-state index in [-0.39, 0.29) is 17.5 Å². The second-order valence-electron chi connectivity index (χ2n) is 4.07. The molecule has 0 unspecified atom stereocenters. The molecule has 0 aromatic carbocycles. The van der Waals surface area contributed by atoms with Crippen LogP contribution in [0.1, 0.15) is 31.6 Å². The molecule has 0 atom stereocenters. The van der Waals surface area contributed by atoms with Gasteiger partial charge in [-0.3, -0.25) is 10.1 Å². The first kappa shape index (κ1) is 10.1. The fraction of sp³-hybridized carbons (Fsp3) is 0.667. The Morgan fingerprint density at radius 3 is 2.80 bits per heavy atom. The number of amides is 1. The lowest BCUT2D eigenvalue weighted by Crippen LogP contribution is -2.48. The molecule has 1 aromatic rings. The maximum absolute atomic E-state index is 11.5. The third kappa shape index (κ3) is 2.33. The van der Waals surface area contributed by atoms with Gasteiger partial charge >= 0.3 is 6.01 Å². The monoisotopic (exact) mass is 210 g/mol. The molecule has 1 fully saturated rings. The Hall–Kier alpha value is -1.43. The molecule has 1 saturated carbocycles. The van der Waals surface area contributed by atoms with Crippen LogP contribution in [0.25, 0.3) is 0 Å². The highest BCUT2D eigenvalue weighted by atomic mass is 16.4. The molecule has 15 heavy (non-hydrogen) atoms. The van der Waals surface area contributed by atoms with Gasteiger partial charge in [0.2, 0.25) is 11.8 Å². The molecule has 1 aliphatic rings. The number of nitrogens with one attached hydrogen (secondary N) is 1. The number of nitrogens with two attached hydrogens (primary N) is 1. The molecule has 1 aliphatic carbocycles. The van der Waals surface area contributed by atoms with Gasteiger partial charge in [-0.25, -0.2) is 0 Å². The Morgan fingerprint density at radius 2 is 2.33 bits per heavy atom. The number of hydrogen-bond donors (Lipinski definition) is 2. The first-order valence-electron chi connectivity index (χ1n) is 4.96. The topological polar surface area (TPSA) is 94.0 Å². The van der Waals surface area contributed by atoms with E-state index in [1.54, 1.807) is 6.92 Å². The molecular formula is C9H14N4O2. The van der Waals surface area contributed by atoms with Gasteiger partial charge in [-0.05, 0) is 19.3 Å². The summed E-state index contributed by atoms with van der Waals surface area (Å²) in [6, 6.07) is 0.139. The maximum atomic E-state index is 11.5. The number of anilines is 1. The molecule has 0 aliphatic heterocycles. The Labute approximate surface area is 87.2 Å². The Bertz CT molecular complexity index is 370. The highest BCUT2D eigenvalue weighted by molar-refractivity contribution is 5.89. The number of aromatic nitrogens is 2. The van der Waals surface area contributed by atoms with Crippen molar-refractivity contribution in [2.75, 3.05) is 5.32 Å². The van der Waals surface area contributed by atoms with Crippen LogP contribution in [0, 0.1) is 6.92 Å². The number of aryl methyl sites for hydroxylation is 1. The van der Waals surface area contributed by atoms with E-state index >= 15 is 0 Å². The van der Waals surface area contributed by atoms with Crippen molar-refractivity contribution in [3.63, 3.8) is 0 Å². The van der Waals surface area contributed by atoms with Crippen LogP contribution in [0.5, 0.6) is 0 Å². The van der Waals surface area contributed by atoms with Crippen molar-refractivity contribution >= 4 is 11.9 Å². The lowest BCUT2D eigenvalue weighted by atomic mass is 9.75. The van der Waals surface area contributed by atoms with Crippen LogP contribution in [-0.4, -0.2) is 21.6 Å². The first-order valence-corrected chi connectivity index (χ1v) is 4.96. The van der Waals surface area contributed by atoms with Crippen LogP contribution in [0.4, 0.5) is 6.01 Å². The number of carbonyl (C=O) groups is 1. The maximum Gasteiger partial charge on any atom is 0.322 e. The summed E-state index contributed by atoms with van der Waals surface area (Å²) >= 11 is 0. The summed E-state index contributed by atoms with van der Waals surface area (Å²) in [6.07, 6.45) is 3.23. The number of carbonyl (C=O) groups excluding carboxylic acids is 1. The van der Waals surface area contributed by atoms with Gasteiger partial charge in [-0.15, -0.1) is 5.10 Å². The van der Waals surface area contributed by atoms with Gasteiger partial charge in [-0.2, -0.15) is 0 Å². The zero-order valence-corrected chi connectivity index (χ0v) is 8.62. The summed E-state index contributed by atoms with van der Waals surface area (Å²) in [5, 5.41) is 9.81. The average Bonchev–Trinajstić information content (AvgIpc) is 2.48. The van der Waals surface area contributed by atoms with E-state index in [0.717, 1.165) is 19.3 Å². The van der Waals surface area contributed by atoms with Crippen molar-refractivity contribution in [2.45, 2.75) is 38.1 Å². The van der Waals surface area contributed by atoms with Gasteiger partial charge in [0.05, 0.1) is 0 Å². The van der Waals surface area contributed by atoms with E-state index in [2.05, 4.69) is 15.5 Å². The molecule has 0 bridgehead atoms. The van der Waals surface area contributed by atoms with Crippen LogP contribution in [-0.2, 0) is 4.79 Å². The Morgan fingerprint density at radius 1 is 1.60 bits per heavy atom. The standard InChI is InChI=1S/C9H14N4O2/c1-6-12-13-8(15-6)11-7(14)5-9(10)3-2-4-9/h2-5,10H2,1H3,(H,11,13,14). The zero-order chi connectivity index (χ0) is 10.9. The van der Waals surface area contributed by atoms with E-state index in [9.17, 15) is 4.79 Å². The minimum Gasteiger partial charge on any atom is -0.408 e. The van der Waals surface area contributed by atoms with E-state index in [1.807, 2.05) is 0 Å². The van der Waals surface area contributed by atoms with Crippen molar-refractivity contribution in [3.8, 4) is 0 Å². The average molecular weight is 210 g/mol. The Balaban J connectivity index is 1.87. The van der Waals surface area contributed by atoms with Crippen LogP contribution >= 0.6 is 0 Å². The molecule has 1 heterocycles. The lowest BCUT2D eigenvalue weighted by molar-refractivity contribution is -0.118. The Kier molecular flexibility index (Phi) is 2.44. The minimum atomic E-state index is -0.320. The van der Waals surface area contributed by atoms with Crippen molar-refractivity contribution in [2.24, 2.45) is 5.73 Å². The van der Waals surface area contributed by atoms with Crippen LogP contribution in [0.15, 0.2) is 4.42 Å². The SMILES string of the molecule is Cc1nnc(NC(=O)CC2(N)CCC2)o1. The summed E-state index contributed by atoms with van der Waals surface area (Å²) < 4.78 is 5.03. The molecule has 82 valence electrons. The van der Waals surface area contributed by atoms with Crippen LogP contribution in [0.3, 0.4) is 0 Å². The third-order valence-corrected chi connectivity index (χ3v) is 2.63. The molecule has 1 aromatic heterocycles. The minimum absolute atomic E-state index is 0.139. The molecule has 6 heteroatoms. The van der Waals surface area contributed by atoms with Gasteiger partial charge in [0.1, 0.15) is 0 Å². The smallest absolute Gasteiger partial charge is 0.322 e. The van der Waals surface area contributed by atoms with Crippen LogP contribution in [0.2, 0.25) is 0 Å². The van der Waals surface area contributed by atoms with Crippen molar-refractivity contribution in [1.29, 1.82) is 0 Å². The zero-order valence-electron chi connectivity index (χ0n) is 8.62. The second kappa shape index (κ2) is 3.62. The normalized spacial score (nSPS) is 18.3. The first-order chi connectivity index (χ1) is 7.07. The molecule has 0 spiro atoms. The van der Waals surface area contributed by atoms with Crippen molar-refractivity contribution < 1.29 is 9.21 Å². The van der Waals surface area contributed by atoms with Gasteiger partial charge in [0.15, 0.2) is 0 Å². The fourth-order valence-corrected chi connectivity index (χ4v) is 1.64. The van der Waals surface area contributed by atoms with E-state index in [1.165, 1.54) is 0 Å². The van der Waals surface area contributed by atoms with E-state index < -0.39 is 0 Å². The summed E-state index contributed by atoms with van der Waals surface area (Å²) in [6.45, 7) is 1.67. The molecule has 0 radical (unpaired) electrons.